The Morgan fingerprint density at radius 2 is 1.68 bits per heavy atom. The number of carbonyl (C=O) groups is 1. The fourth-order valence-electron chi connectivity index (χ4n) is 15.2. The number of rotatable bonds is 11. The average molecular weight is 770 g/mol. The normalized spacial score (nSPS) is 42.1. The van der Waals surface area contributed by atoms with E-state index in [4.69, 9.17) is 14.2 Å². The second-order valence-electron chi connectivity index (χ2n) is 21.4. The van der Waals surface area contributed by atoms with Gasteiger partial charge in [-0.15, -0.1) is 0 Å². The summed E-state index contributed by atoms with van der Waals surface area (Å²) in [6.07, 6.45) is 18.8. The first-order valence-electron chi connectivity index (χ1n) is 22.3. The van der Waals surface area contributed by atoms with Crippen molar-refractivity contribution in [2.24, 2.45) is 56.7 Å². The Balaban J connectivity index is 1.01. The van der Waals surface area contributed by atoms with Crippen LogP contribution in [-0.4, -0.2) is 50.7 Å². The average Bonchev–Trinajstić information content (AvgIpc) is 3.55. The zero-order valence-electron chi connectivity index (χ0n) is 35.9. The lowest BCUT2D eigenvalue weighted by Gasteiger charge is -2.72. The number of carbonyl (C=O) groups excluding carboxylic acids is 1. The van der Waals surface area contributed by atoms with Gasteiger partial charge in [-0.2, -0.15) is 0 Å². The number of hydrogen-bond donors (Lipinski definition) is 1. The lowest BCUT2D eigenvalue weighted by atomic mass is 9.33. The van der Waals surface area contributed by atoms with Crippen molar-refractivity contribution in [2.45, 2.75) is 143 Å². The van der Waals surface area contributed by atoms with Gasteiger partial charge in [0.2, 0.25) is 0 Å². The van der Waals surface area contributed by atoms with Crippen LogP contribution in [0.3, 0.4) is 0 Å². The van der Waals surface area contributed by atoms with Crippen LogP contribution in [0.4, 0.5) is 4.39 Å². The van der Waals surface area contributed by atoms with E-state index in [0.717, 1.165) is 31.4 Å². The van der Waals surface area contributed by atoms with Crippen LogP contribution in [0.5, 0.6) is 0 Å². The second-order valence-corrected chi connectivity index (χ2v) is 21.4. The Morgan fingerprint density at radius 3 is 2.32 bits per heavy atom. The molecule has 308 valence electrons. The topological polar surface area (TPSA) is 56.8 Å². The van der Waals surface area contributed by atoms with E-state index in [2.05, 4.69) is 65.6 Å². The first-order valence-corrected chi connectivity index (χ1v) is 22.3. The number of methoxy groups -OCH3 is 1. The highest BCUT2D eigenvalue weighted by molar-refractivity contribution is 5.78. The molecule has 0 radical (unpaired) electrons. The van der Waals surface area contributed by atoms with E-state index in [-0.39, 0.29) is 39.4 Å². The molecule has 1 heterocycles. The van der Waals surface area contributed by atoms with Crippen LogP contribution in [0, 0.1) is 56.7 Å². The van der Waals surface area contributed by atoms with Gasteiger partial charge in [-0.1, -0.05) is 89.3 Å². The van der Waals surface area contributed by atoms with Crippen LogP contribution in [0.1, 0.15) is 131 Å². The summed E-state index contributed by atoms with van der Waals surface area (Å²) in [5.74, 6) is 2.79. The zero-order valence-corrected chi connectivity index (χ0v) is 35.9. The second kappa shape index (κ2) is 14.5. The van der Waals surface area contributed by atoms with E-state index < -0.39 is 18.1 Å². The molecule has 4 saturated carbocycles. The van der Waals surface area contributed by atoms with Crippen molar-refractivity contribution < 1.29 is 23.4 Å². The molecule has 5 fully saturated rings. The maximum Gasteiger partial charge on any atom is 0.315 e. The molecule has 1 aromatic rings. The predicted molar refractivity (Wildman–Crippen MR) is 222 cm³/mol. The predicted octanol–water partition coefficient (Wildman–Crippen LogP) is 11.1. The summed E-state index contributed by atoms with van der Waals surface area (Å²) >= 11 is 0. The van der Waals surface area contributed by atoms with Gasteiger partial charge in [0.05, 0.1) is 18.6 Å². The summed E-state index contributed by atoms with van der Waals surface area (Å²) in [4.78, 5) is 13.4. The van der Waals surface area contributed by atoms with Gasteiger partial charge in [0, 0.05) is 12.6 Å². The standard InChI is InChI=1S/C50H72FNO4/c1-34(2)37-18-25-50(52-29-28-49(54-8)32-55-33-49)27-26-46(6)39(42(37)50)14-15-41-45(5)21-19-38(44(3,4)40(45)20-22-47(41,46)7)36-16-23-48(31-51,24-17-36)43(53)56-30-35-12-10-9-11-13-35/h9-13,16,19,37,39-42,52H,1,14-15,17-18,20-33H2,2-8H3/t37-,39+,40-,41+,42+,45-,46+,47+,48+,50-/m0/s1. The van der Waals surface area contributed by atoms with Gasteiger partial charge in [0.25, 0.3) is 0 Å². The maximum atomic E-state index is 14.8. The number of fused-ring (bicyclic) bond motifs is 7. The van der Waals surface area contributed by atoms with Crippen molar-refractivity contribution >= 4 is 5.97 Å². The first-order chi connectivity index (χ1) is 26.6. The minimum atomic E-state index is -1.08. The molecule has 1 aliphatic heterocycles. The molecule has 1 aromatic carbocycles. The van der Waals surface area contributed by atoms with Crippen LogP contribution in [0.25, 0.3) is 0 Å². The van der Waals surface area contributed by atoms with Crippen molar-refractivity contribution in [2.75, 3.05) is 33.5 Å². The minimum Gasteiger partial charge on any atom is -0.460 e. The van der Waals surface area contributed by atoms with Crippen LogP contribution >= 0.6 is 0 Å². The van der Waals surface area contributed by atoms with Crippen molar-refractivity contribution in [3.05, 3.63) is 71.3 Å². The molecule has 0 amide bonds. The number of nitrogens with one attached hydrogen (secondary N) is 1. The monoisotopic (exact) mass is 770 g/mol. The molecule has 0 unspecified atom stereocenters. The largest absolute Gasteiger partial charge is 0.460 e. The van der Waals surface area contributed by atoms with E-state index in [1.54, 1.807) is 0 Å². The lowest BCUT2D eigenvalue weighted by Crippen LogP contribution is -2.68. The van der Waals surface area contributed by atoms with E-state index >= 15 is 0 Å². The summed E-state index contributed by atoms with van der Waals surface area (Å²) in [6.45, 7) is 22.0. The molecule has 1 N–H and O–H groups in total. The van der Waals surface area contributed by atoms with Crippen molar-refractivity contribution in [3.8, 4) is 0 Å². The number of esters is 1. The Hall–Kier alpha value is -2.28. The first kappa shape index (κ1) is 40.5. The van der Waals surface area contributed by atoms with Crippen molar-refractivity contribution in [1.82, 2.24) is 5.32 Å². The van der Waals surface area contributed by atoms with E-state index in [1.165, 1.54) is 68.1 Å². The smallest absolute Gasteiger partial charge is 0.315 e. The van der Waals surface area contributed by atoms with Gasteiger partial charge in [0.1, 0.15) is 18.9 Å². The lowest BCUT2D eigenvalue weighted by molar-refractivity contribution is -0.222. The molecular weight excluding hydrogens is 698 g/mol. The van der Waals surface area contributed by atoms with Crippen molar-refractivity contribution in [3.63, 3.8) is 0 Å². The Labute approximate surface area is 338 Å². The molecule has 5 nitrogen and oxygen atoms in total. The fraction of sp³-hybridized carbons (Fsp3) is 0.740. The molecule has 0 spiro atoms. The summed E-state index contributed by atoms with van der Waals surface area (Å²) in [6, 6.07) is 9.70. The van der Waals surface area contributed by atoms with Crippen LogP contribution < -0.4 is 5.32 Å². The number of hydrogen-bond acceptors (Lipinski definition) is 5. The van der Waals surface area contributed by atoms with Crippen LogP contribution in [0.15, 0.2) is 65.8 Å². The van der Waals surface area contributed by atoms with Crippen LogP contribution in [0.2, 0.25) is 0 Å². The quantitative estimate of drug-likeness (QED) is 0.179. The molecule has 6 aliphatic carbocycles. The minimum absolute atomic E-state index is 0.00856. The number of halogens is 1. The summed E-state index contributed by atoms with van der Waals surface area (Å²) in [7, 11) is 1.85. The zero-order chi connectivity index (χ0) is 39.8. The molecule has 0 bridgehead atoms. The summed E-state index contributed by atoms with van der Waals surface area (Å²) in [5, 5.41) is 4.27. The van der Waals surface area contributed by atoms with Gasteiger partial charge >= 0.3 is 5.97 Å². The van der Waals surface area contributed by atoms with Crippen LogP contribution in [-0.2, 0) is 25.6 Å². The molecule has 1 saturated heterocycles. The number of allylic oxidation sites excluding steroid dienone is 5. The van der Waals surface area contributed by atoms with E-state index in [1.807, 2.05) is 37.4 Å². The molecule has 10 atom stereocenters. The van der Waals surface area contributed by atoms with Gasteiger partial charge in [-0.25, -0.2) is 4.39 Å². The number of benzene rings is 1. The van der Waals surface area contributed by atoms with Gasteiger partial charge in [0.15, 0.2) is 0 Å². The third-order valence-corrected chi connectivity index (χ3v) is 18.7. The number of ether oxygens (including phenoxy) is 3. The van der Waals surface area contributed by atoms with Gasteiger partial charge in [-0.05, 0) is 165 Å². The molecule has 8 rings (SSSR count). The van der Waals surface area contributed by atoms with Gasteiger partial charge in [-0.3, -0.25) is 4.79 Å². The molecule has 56 heavy (non-hydrogen) atoms. The Morgan fingerprint density at radius 1 is 0.911 bits per heavy atom. The fourth-order valence-corrected chi connectivity index (χ4v) is 15.2. The summed E-state index contributed by atoms with van der Waals surface area (Å²) < 4.78 is 32.0. The maximum absolute atomic E-state index is 14.8. The highest BCUT2D eigenvalue weighted by atomic mass is 19.1. The molecule has 7 aliphatic rings. The van der Waals surface area contributed by atoms with E-state index in [0.29, 0.717) is 55.6 Å². The van der Waals surface area contributed by atoms with Gasteiger partial charge < -0.3 is 19.5 Å². The number of alkyl halides is 1. The Kier molecular flexibility index (Phi) is 10.5. The highest BCUT2D eigenvalue weighted by Gasteiger charge is 2.70. The molecule has 6 heteroatoms. The highest BCUT2D eigenvalue weighted by Crippen LogP contribution is 2.76. The SMILES string of the molecule is C=C(C)[C@@H]1CC[C@]2(NCCC3(OC)COC3)CC[C@]3(C)[C@H](CC[C@@H]4[C@@]5(C)CC=C(C6=CC[C@@](CF)(C(=O)OCc7ccccc7)CC6)C(C)(C)[C@@H]5CC[C@]43C)[C@@H]12. The molecular formula is C50H72FNO4. The Bertz CT molecular complexity index is 1720. The van der Waals surface area contributed by atoms with E-state index in [9.17, 15) is 9.18 Å². The van der Waals surface area contributed by atoms with Crippen molar-refractivity contribution in [1.29, 1.82) is 0 Å². The third-order valence-electron chi connectivity index (χ3n) is 18.7. The third kappa shape index (κ3) is 6.10. The molecule has 0 aromatic heterocycles. The summed E-state index contributed by atoms with van der Waals surface area (Å²) in [5.41, 5.74) is 4.92.